The van der Waals surface area contributed by atoms with Crippen molar-refractivity contribution in [2.45, 2.75) is 19.5 Å². The summed E-state index contributed by atoms with van der Waals surface area (Å²) in [5.74, 6) is -1.17. The van der Waals surface area contributed by atoms with E-state index in [0.717, 1.165) is 6.07 Å². The van der Waals surface area contributed by atoms with Gasteiger partial charge in [-0.2, -0.15) is 13.2 Å². The van der Waals surface area contributed by atoms with Gasteiger partial charge >= 0.3 is 12.1 Å². The van der Waals surface area contributed by atoms with Crippen LogP contribution in [0.3, 0.4) is 0 Å². The van der Waals surface area contributed by atoms with E-state index in [1.165, 1.54) is 17.0 Å². The number of hydrogen-bond acceptors (Lipinski definition) is 2. The maximum absolute atomic E-state index is 12.9. The molecule has 106 valence electrons. The van der Waals surface area contributed by atoms with Gasteiger partial charge in [0.05, 0.1) is 11.3 Å². The van der Waals surface area contributed by atoms with Gasteiger partial charge in [0.1, 0.15) is 6.54 Å². The molecule has 0 aliphatic heterocycles. The minimum Gasteiger partial charge on any atom is -0.480 e. The molecule has 0 aromatic heterocycles. The average Bonchev–Trinajstić information content (AvgIpc) is 2.26. The molecule has 0 atom stereocenters. The number of carbonyl (C=O) groups is 1. The minimum absolute atomic E-state index is 0.119. The van der Waals surface area contributed by atoms with E-state index in [0.29, 0.717) is 10.9 Å². The van der Waals surface area contributed by atoms with E-state index in [1.807, 2.05) is 0 Å². The Morgan fingerprint density at radius 1 is 1.42 bits per heavy atom. The molecule has 1 aromatic carbocycles. The monoisotopic (exact) mass is 339 g/mol. The van der Waals surface area contributed by atoms with Crippen molar-refractivity contribution in [2.75, 3.05) is 18.0 Å². The third-order valence-corrected chi connectivity index (χ3v) is 2.92. The predicted molar refractivity (Wildman–Crippen MR) is 69.3 cm³/mol. The van der Waals surface area contributed by atoms with E-state index >= 15 is 0 Å². The summed E-state index contributed by atoms with van der Waals surface area (Å²) in [5, 5.41) is 8.80. The molecule has 3 nitrogen and oxygen atoms in total. The average molecular weight is 340 g/mol. The summed E-state index contributed by atoms with van der Waals surface area (Å²) < 4.78 is 39.3. The molecule has 0 heterocycles. The van der Waals surface area contributed by atoms with Crippen molar-refractivity contribution in [3.63, 3.8) is 0 Å². The molecule has 0 unspecified atom stereocenters. The van der Waals surface area contributed by atoms with Crippen LogP contribution in [-0.4, -0.2) is 24.2 Å². The van der Waals surface area contributed by atoms with E-state index in [4.69, 9.17) is 5.11 Å². The Morgan fingerprint density at radius 3 is 2.53 bits per heavy atom. The lowest BCUT2D eigenvalue weighted by atomic mass is 10.1. The molecule has 1 N–H and O–H groups in total. The molecule has 0 fully saturated rings. The van der Waals surface area contributed by atoms with Gasteiger partial charge in [-0.15, -0.1) is 0 Å². The Morgan fingerprint density at radius 2 is 2.05 bits per heavy atom. The van der Waals surface area contributed by atoms with Gasteiger partial charge in [0, 0.05) is 11.0 Å². The molecule has 0 saturated carbocycles. The number of anilines is 1. The standard InChI is InChI=1S/C12H13BrF3NO2/c1-2-5-17(7-11(18)19)10-6-8(13)3-4-9(10)12(14,15)16/h3-4,6H,2,5,7H2,1H3,(H,18,19). The van der Waals surface area contributed by atoms with Crippen LogP contribution in [0.15, 0.2) is 22.7 Å². The number of benzene rings is 1. The van der Waals surface area contributed by atoms with Crippen LogP contribution in [-0.2, 0) is 11.0 Å². The fraction of sp³-hybridized carbons (Fsp3) is 0.417. The number of nitrogens with zero attached hydrogens (tertiary/aromatic N) is 1. The first kappa shape index (κ1) is 15.8. The van der Waals surface area contributed by atoms with Crippen molar-refractivity contribution in [3.05, 3.63) is 28.2 Å². The second-order valence-corrected chi connectivity index (χ2v) is 4.89. The maximum Gasteiger partial charge on any atom is 0.418 e. The third-order valence-electron chi connectivity index (χ3n) is 2.43. The number of alkyl halides is 3. The summed E-state index contributed by atoms with van der Waals surface area (Å²) in [7, 11) is 0. The maximum atomic E-state index is 12.9. The summed E-state index contributed by atoms with van der Waals surface area (Å²) in [6, 6.07) is 3.53. The first-order chi connectivity index (χ1) is 8.75. The summed E-state index contributed by atoms with van der Waals surface area (Å²) in [4.78, 5) is 12.0. The highest BCUT2D eigenvalue weighted by molar-refractivity contribution is 9.10. The molecule has 0 saturated heterocycles. The van der Waals surface area contributed by atoms with Crippen molar-refractivity contribution < 1.29 is 23.1 Å². The van der Waals surface area contributed by atoms with Crippen LogP contribution in [0.1, 0.15) is 18.9 Å². The van der Waals surface area contributed by atoms with Gasteiger partial charge in [0.2, 0.25) is 0 Å². The normalized spacial score (nSPS) is 11.4. The van der Waals surface area contributed by atoms with Crippen molar-refractivity contribution in [1.29, 1.82) is 0 Å². The molecule has 0 radical (unpaired) electrons. The number of carboxylic acids is 1. The van der Waals surface area contributed by atoms with Gasteiger partial charge in [-0.3, -0.25) is 4.79 Å². The second kappa shape index (κ2) is 6.27. The highest BCUT2D eigenvalue weighted by atomic mass is 79.9. The topological polar surface area (TPSA) is 40.5 Å². The van der Waals surface area contributed by atoms with Crippen LogP contribution in [0.5, 0.6) is 0 Å². The number of carboxylic acid groups (broad SMARTS) is 1. The molecule has 0 aliphatic carbocycles. The number of aliphatic carboxylic acids is 1. The molecule has 19 heavy (non-hydrogen) atoms. The van der Waals surface area contributed by atoms with Crippen LogP contribution in [0, 0.1) is 0 Å². The number of hydrogen-bond donors (Lipinski definition) is 1. The fourth-order valence-corrected chi connectivity index (χ4v) is 2.07. The zero-order valence-electron chi connectivity index (χ0n) is 10.2. The SMILES string of the molecule is CCCN(CC(=O)O)c1cc(Br)ccc1C(F)(F)F. The van der Waals surface area contributed by atoms with Crippen LogP contribution < -0.4 is 4.90 Å². The van der Waals surface area contributed by atoms with Crippen LogP contribution in [0.2, 0.25) is 0 Å². The van der Waals surface area contributed by atoms with Crippen LogP contribution in [0.4, 0.5) is 18.9 Å². The highest BCUT2D eigenvalue weighted by Gasteiger charge is 2.35. The van der Waals surface area contributed by atoms with E-state index in [9.17, 15) is 18.0 Å². The summed E-state index contributed by atoms with van der Waals surface area (Å²) in [5.41, 5.74) is -0.948. The van der Waals surface area contributed by atoms with Crippen LogP contribution in [0.25, 0.3) is 0 Å². The summed E-state index contributed by atoms with van der Waals surface area (Å²) >= 11 is 3.11. The Labute approximate surface area is 117 Å². The van der Waals surface area contributed by atoms with Crippen molar-refractivity contribution in [3.8, 4) is 0 Å². The second-order valence-electron chi connectivity index (χ2n) is 3.97. The minimum atomic E-state index is -4.51. The van der Waals surface area contributed by atoms with Crippen molar-refractivity contribution in [1.82, 2.24) is 0 Å². The zero-order chi connectivity index (χ0) is 14.6. The van der Waals surface area contributed by atoms with Crippen molar-refractivity contribution in [2.24, 2.45) is 0 Å². The lowest BCUT2D eigenvalue weighted by molar-refractivity contribution is -0.138. The predicted octanol–water partition coefficient (Wildman–Crippen LogP) is 3.77. The van der Waals surface area contributed by atoms with E-state index in [-0.39, 0.29) is 12.2 Å². The molecular weight excluding hydrogens is 327 g/mol. The molecule has 0 spiro atoms. The highest BCUT2D eigenvalue weighted by Crippen LogP contribution is 2.38. The Bertz CT molecular complexity index is 463. The third kappa shape index (κ3) is 4.41. The molecule has 1 aromatic rings. The van der Waals surface area contributed by atoms with E-state index in [1.54, 1.807) is 6.92 Å². The van der Waals surface area contributed by atoms with Gasteiger partial charge in [0.25, 0.3) is 0 Å². The molecule has 7 heteroatoms. The molecule has 0 bridgehead atoms. The van der Waals surface area contributed by atoms with Gasteiger partial charge in [0.15, 0.2) is 0 Å². The first-order valence-corrected chi connectivity index (χ1v) is 6.38. The zero-order valence-corrected chi connectivity index (χ0v) is 11.8. The lowest BCUT2D eigenvalue weighted by Gasteiger charge is -2.26. The smallest absolute Gasteiger partial charge is 0.418 e. The molecular formula is C12H13BrF3NO2. The summed E-state index contributed by atoms with van der Waals surface area (Å²) in [6.45, 7) is 1.55. The van der Waals surface area contributed by atoms with Gasteiger partial charge < -0.3 is 10.0 Å². The Balaban J connectivity index is 3.26. The lowest BCUT2D eigenvalue weighted by Crippen LogP contribution is -2.32. The number of rotatable bonds is 5. The molecule has 0 amide bonds. The van der Waals surface area contributed by atoms with Gasteiger partial charge in [-0.1, -0.05) is 22.9 Å². The van der Waals surface area contributed by atoms with Gasteiger partial charge in [-0.05, 0) is 24.6 Å². The summed E-state index contributed by atoms with van der Waals surface area (Å²) in [6.07, 6.45) is -3.96. The van der Waals surface area contributed by atoms with E-state index in [2.05, 4.69) is 15.9 Å². The van der Waals surface area contributed by atoms with Gasteiger partial charge in [-0.25, -0.2) is 0 Å². The quantitative estimate of drug-likeness (QED) is 0.887. The Kier molecular flexibility index (Phi) is 5.22. The van der Waals surface area contributed by atoms with E-state index < -0.39 is 24.3 Å². The molecule has 1 rings (SSSR count). The fourth-order valence-electron chi connectivity index (χ4n) is 1.72. The Hall–Kier alpha value is -1.24. The largest absolute Gasteiger partial charge is 0.480 e. The van der Waals surface area contributed by atoms with Crippen molar-refractivity contribution >= 4 is 27.6 Å². The number of halogens is 4. The first-order valence-electron chi connectivity index (χ1n) is 5.59. The van der Waals surface area contributed by atoms with Crippen LogP contribution >= 0.6 is 15.9 Å². The molecule has 0 aliphatic rings.